The fourth-order valence-electron chi connectivity index (χ4n) is 3.18. The maximum Gasteiger partial charge on any atom is 0.297 e. The summed E-state index contributed by atoms with van der Waals surface area (Å²) in [7, 11) is -3.78. The molecule has 0 unspecified atom stereocenters. The molecule has 1 aliphatic carbocycles. The Kier molecular flexibility index (Phi) is 4.53. The van der Waals surface area contributed by atoms with Crippen molar-refractivity contribution in [2.24, 2.45) is 0 Å². The molecule has 1 aliphatic heterocycles. The molecule has 1 aromatic carbocycles. The first-order chi connectivity index (χ1) is 10.8. The van der Waals surface area contributed by atoms with E-state index in [0.717, 1.165) is 31.2 Å². The molecule has 6 heteroatoms. The zero-order chi connectivity index (χ0) is 16.6. The Morgan fingerprint density at radius 3 is 2.43 bits per heavy atom. The molecule has 1 aromatic rings. The van der Waals surface area contributed by atoms with Crippen molar-refractivity contribution in [3.63, 3.8) is 0 Å². The molecule has 23 heavy (non-hydrogen) atoms. The average Bonchev–Trinajstić information content (AvgIpc) is 2.84. The van der Waals surface area contributed by atoms with Gasteiger partial charge in [0.25, 0.3) is 10.1 Å². The minimum absolute atomic E-state index is 0.0367. The second-order valence-corrected chi connectivity index (χ2v) is 8.46. The first kappa shape index (κ1) is 16.9. The highest BCUT2D eigenvalue weighted by atomic mass is 32.2. The van der Waals surface area contributed by atoms with Gasteiger partial charge in [0.15, 0.2) is 5.79 Å². The van der Waals surface area contributed by atoms with Gasteiger partial charge in [0.2, 0.25) is 0 Å². The maximum absolute atomic E-state index is 12.3. The summed E-state index contributed by atoms with van der Waals surface area (Å²) in [5.41, 5.74) is 0.275. The van der Waals surface area contributed by atoms with Crippen molar-refractivity contribution in [1.29, 1.82) is 0 Å². The van der Waals surface area contributed by atoms with Crippen molar-refractivity contribution in [3.8, 4) is 0 Å². The second kappa shape index (κ2) is 6.16. The van der Waals surface area contributed by atoms with E-state index in [1.54, 1.807) is 24.3 Å². The number of rotatable bonds is 4. The van der Waals surface area contributed by atoms with Gasteiger partial charge in [-0.2, -0.15) is 8.42 Å². The summed E-state index contributed by atoms with van der Waals surface area (Å²) in [4.78, 5) is 0.165. The molecule has 1 spiro atoms. The number of aryl methyl sites for hydroxylation is 1. The molecular weight excluding hydrogens is 316 g/mol. The number of ether oxygens (including phenoxy) is 2. The quantitative estimate of drug-likeness (QED) is 0.788. The van der Waals surface area contributed by atoms with Crippen LogP contribution in [-0.2, 0) is 23.8 Å². The Hall–Kier alpha value is -0.950. The fourth-order valence-corrected chi connectivity index (χ4v) is 4.19. The molecule has 1 atom stereocenters. The van der Waals surface area contributed by atoms with Gasteiger partial charge in [-0.15, -0.1) is 0 Å². The molecule has 2 aliphatic rings. The summed E-state index contributed by atoms with van der Waals surface area (Å²) < 4.78 is 41.8. The van der Waals surface area contributed by atoms with Gasteiger partial charge in [0.1, 0.15) is 5.60 Å². The van der Waals surface area contributed by atoms with Gasteiger partial charge in [-0.25, -0.2) is 0 Å². The lowest BCUT2D eigenvalue weighted by molar-refractivity contribution is -0.205. The normalized spacial score (nSPS) is 27.4. The highest BCUT2D eigenvalue weighted by molar-refractivity contribution is 7.86. The Morgan fingerprint density at radius 2 is 1.78 bits per heavy atom. The van der Waals surface area contributed by atoms with Gasteiger partial charge in [-0.1, -0.05) is 24.1 Å². The van der Waals surface area contributed by atoms with Gasteiger partial charge < -0.3 is 9.47 Å². The third-order valence-electron chi connectivity index (χ3n) is 4.52. The van der Waals surface area contributed by atoms with Crippen LogP contribution in [0.3, 0.4) is 0 Å². The van der Waals surface area contributed by atoms with Crippen molar-refractivity contribution in [3.05, 3.63) is 29.8 Å². The van der Waals surface area contributed by atoms with Gasteiger partial charge in [-0.05, 0) is 38.8 Å². The number of hydrogen-bond acceptors (Lipinski definition) is 5. The van der Waals surface area contributed by atoms with Crippen molar-refractivity contribution in [2.45, 2.75) is 62.2 Å². The molecule has 1 saturated carbocycles. The number of hydrogen-bond donors (Lipinski definition) is 0. The molecular formula is C17H24O5S. The fraction of sp³-hybridized carbons (Fsp3) is 0.647. The Labute approximate surface area is 138 Å². The van der Waals surface area contributed by atoms with Crippen LogP contribution in [0.5, 0.6) is 0 Å². The van der Waals surface area contributed by atoms with Crippen molar-refractivity contribution in [1.82, 2.24) is 0 Å². The first-order valence-electron chi connectivity index (χ1n) is 8.13. The Balaban J connectivity index is 1.64. The first-order valence-corrected chi connectivity index (χ1v) is 9.54. The van der Waals surface area contributed by atoms with Crippen LogP contribution in [-0.4, -0.2) is 33.0 Å². The van der Waals surface area contributed by atoms with E-state index in [0.29, 0.717) is 6.61 Å². The van der Waals surface area contributed by atoms with Crippen LogP contribution in [0.2, 0.25) is 0 Å². The smallest absolute Gasteiger partial charge is 0.297 e. The SMILES string of the molecule is Cc1ccc(S(=O)(=O)OC[C@@]2(C)COC3(CCCCC3)O2)cc1. The molecule has 1 saturated heterocycles. The third-order valence-corrected chi connectivity index (χ3v) is 5.80. The van der Waals surface area contributed by atoms with Gasteiger partial charge in [-0.3, -0.25) is 4.18 Å². The molecule has 3 rings (SSSR count). The average molecular weight is 340 g/mol. The largest absolute Gasteiger partial charge is 0.347 e. The molecule has 0 radical (unpaired) electrons. The van der Waals surface area contributed by atoms with Crippen LogP contribution >= 0.6 is 0 Å². The maximum atomic E-state index is 12.3. The topological polar surface area (TPSA) is 61.8 Å². The predicted molar refractivity (Wildman–Crippen MR) is 85.6 cm³/mol. The highest BCUT2D eigenvalue weighted by Crippen LogP contribution is 2.41. The summed E-state index contributed by atoms with van der Waals surface area (Å²) in [6.07, 6.45) is 5.10. The monoisotopic (exact) mass is 340 g/mol. The van der Waals surface area contributed by atoms with Gasteiger partial charge in [0.05, 0.1) is 18.1 Å². The Morgan fingerprint density at radius 1 is 1.13 bits per heavy atom. The molecule has 0 aromatic heterocycles. The summed E-state index contributed by atoms with van der Waals surface area (Å²) in [5, 5.41) is 0. The lowest BCUT2D eigenvalue weighted by Crippen LogP contribution is -2.39. The van der Waals surface area contributed by atoms with E-state index in [2.05, 4.69) is 0 Å². The highest BCUT2D eigenvalue weighted by Gasteiger charge is 2.49. The van der Waals surface area contributed by atoms with Crippen LogP contribution in [0.15, 0.2) is 29.2 Å². The summed E-state index contributed by atoms with van der Waals surface area (Å²) in [5.74, 6) is -0.538. The van der Waals surface area contributed by atoms with Crippen LogP contribution in [0.4, 0.5) is 0 Å². The van der Waals surface area contributed by atoms with E-state index in [-0.39, 0.29) is 11.5 Å². The third kappa shape index (κ3) is 3.76. The molecule has 5 nitrogen and oxygen atoms in total. The minimum atomic E-state index is -3.78. The van der Waals surface area contributed by atoms with Crippen molar-refractivity contribution >= 4 is 10.1 Å². The molecule has 0 bridgehead atoms. The Bertz CT molecular complexity index is 646. The lowest BCUT2D eigenvalue weighted by atomic mass is 9.94. The van der Waals surface area contributed by atoms with E-state index in [1.807, 2.05) is 13.8 Å². The van der Waals surface area contributed by atoms with Gasteiger partial charge >= 0.3 is 0 Å². The summed E-state index contributed by atoms with van der Waals surface area (Å²) in [6.45, 7) is 4.08. The molecule has 2 fully saturated rings. The van der Waals surface area contributed by atoms with Crippen molar-refractivity contribution in [2.75, 3.05) is 13.2 Å². The molecule has 128 valence electrons. The summed E-state index contributed by atoms with van der Waals surface area (Å²) in [6, 6.07) is 6.62. The summed E-state index contributed by atoms with van der Waals surface area (Å²) >= 11 is 0. The van der Waals surface area contributed by atoms with Crippen molar-refractivity contribution < 1.29 is 22.1 Å². The zero-order valence-corrected chi connectivity index (χ0v) is 14.5. The van der Waals surface area contributed by atoms with Crippen LogP contribution in [0, 0.1) is 6.92 Å². The zero-order valence-electron chi connectivity index (χ0n) is 13.7. The van der Waals surface area contributed by atoms with Gasteiger partial charge in [0, 0.05) is 12.8 Å². The molecule has 0 amide bonds. The lowest BCUT2D eigenvalue weighted by Gasteiger charge is -2.33. The standard InChI is InChI=1S/C17H24O5S/c1-14-6-8-15(9-7-14)23(18,19)21-13-16(2)12-20-17(22-16)10-4-3-5-11-17/h6-9H,3-5,10-13H2,1-2H3/t16-/m1/s1. The van der Waals surface area contributed by atoms with E-state index in [4.69, 9.17) is 13.7 Å². The van der Waals surface area contributed by atoms with Crippen LogP contribution in [0.1, 0.15) is 44.6 Å². The van der Waals surface area contributed by atoms with E-state index in [9.17, 15) is 8.42 Å². The minimum Gasteiger partial charge on any atom is -0.347 e. The predicted octanol–water partition coefficient (Wildman–Crippen LogP) is 3.17. The van der Waals surface area contributed by atoms with Crippen LogP contribution in [0.25, 0.3) is 0 Å². The van der Waals surface area contributed by atoms with Crippen LogP contribution < -0.4 is 0 Å². The van der Waals surface area contributed by atoms with E-state index in [1.165, 1.54) is 6.42 Å². The van der Waals surface area contributed by atoms with E-state index >= 15 is 0 Å². The molecule has 0 N–H and O–H groups in total. The van der Waals surface area contributed by atoms with E-state index < -0.39 is 21.5 Å². The number of benzene rings is 1. The molecule has 1 heterocycles. The second-order valence-electron chi connectivity index (χ2n) is 6.84.